The van der Waals surface area contributed by atoms with Crippen molar-refractivity contribution in [1.82, 2.24) is 19.9 Å². The van der Waals surface area contributed by atoms with E-state index in [1.165, 1.54) is 6.07 Å². The molecule has 0 saturated carbocycles. The number of fused-ring (bicyclic) bond motifs is 2. The smallest absolute Gasteiger partial charge is 0.491 e. The lowest BCUT2D eigenvalue weighted by Gasteiger charge is -2.14. The first kappa shape index (κ1) is 22.8. The van der Waals surface area contributed by atoms with Gasteiger partial charge in [-0.15, -0.1) is 0 Å². The van der Waals surface area contributed by atoms with Gasteiger partial charge in [0.05, 0.1) is 29.5 Å². The van der Waals surface area contributed by atoms with Gasteiger partial charge in [-0.25, -0.2) is 19.7 Å². The zero-order valence-electron chi connectivity index (χ0n) is 18.0. The maximum atomic E-state index is 12.8. The van der Waals surface area contributed by atoms with Crippen LogP contribution in [0.5, 0.6) is 11.5 Å². The molecule has 13 heteroatoms. The molecular formula is C21H17F3N6O4. The second kappa shape index (κ2) is 8.17. The van der Waals surface area contributed by atoms with Gasteiger partial charge in [-0.05, 0) is 43.7 Å². The van der Waals surface area contributed by atoms with E-state index in [0.717, 1.165) is 5.39 Å². The van der Waals surface area contributed by atoms with Crippen LogP contribution in [0.3, 0.4) is 0 Å². The first-order valence-electron chi connectivity index (χ1n) is 9.69. The van der Waals surface area contributed by atoms with E-state index in [-0.39, 0.29) is 23.1 Å². The first-order valence-corrected chi connectivity index (χ1v) is 9.69. The molecule has 2 aromatic carbocycles. The molecule has 0 fully saturated rings. The van der Waals surface area contributed by atoms with Gasteiger partial charge in [0.15, 0.2) is 5.75 Å². The van der Waals surface area contributed by atoms with Gasteiger partial charge in [0.1, 0.15) is 11.1 Å². The number of carbonyl (C=O) groups excluding carboxylic acids is 1. The number of aromatic nitrogens is 4. The summed E-state index contributed by atoms with van der Waals surface area (Å²) in [6.45, 7) is 3.31. The number of ether oxygens (including phenoxy) is 2. The molecule has 4 aromatic rings. The molecule has 0 aliphatic carbocycles. The van der Waals surface area contributed by atoms with E-state index in [1.807, 2.05) is 0 Å². The molecule has 0 aliphatic heterocycles. The van der Waals surface area contributed by atoms with E-state index in [1.54, 1.807) is 39.2 Å². The molecule has 0 radical (unpaired) electrons. The third kappa shape index (κ3) is 4.14. The lowest BCUT2D eigenvalue weighted by Crippen LogP contribution is -2.29. The van der Waals surface area contributed by atoms with E-state index >= 15 is 0 Å². The zero-order chi connectivity index (χ0) is 24.8. The summed E-state index contributed by atoms with van der Waals surface area (Å²) >= 11 is 0. The number of alkyl halides is 3. The molecular weight excluding hydrogens is 457 g/mol. The number of aromatic amines is 1. The average Bonchev–Trinajstić information content (AvgIpc) is 2.75. The number of esters is 1. The number of nitrogens with one attached hydrogen (secondary N) is 2. The molecule has 2 heterocycles. The normalized spacial score (nSPS) is 11.6. The van der Waals surface area contributed by atoms with Crippen LogP contribution < -0.4 is 26.1 Å². The standard InChI is InChI=1S/C21H17F3N6O4/c1-8-6-12(25)16(34-18(32)21(22,23)24)14-15(8)28-20(29-17(14)31)30-19-26-9(2)11-7-10(33-3)4-5-13(11)27-19/h4-7H,25H2,1-3H3,(H2,26,27,28,29,30,31). The van der Waals surface area contributed by atoms with Crippen LogP contribution in [0.2, 0.25) is 0 Å². The Morgan fingerprint density at radius 3 is 2.56 bits per heavy atom. The summed E-state index contributed by atoms with van der Waals surface area (Å²) in [5.41, 5.74) is 6.11. The lowest BCUT2D eigenvalue weighted by molar-refractivity contribution is -0.189. The van der Waals surface area contributed by atoms with Crippen LogP contribution in [-0.4, -0.2) is 39.2 Å². The first-order chi connectivity index (χ1) is 16.0. The van der Waals surface area contributed by atoms with Gasteiger partial charge in [0.2, 0.25) is 11.9 Å². The highest BCUT2D eigenvalue weighted by Crippen LogP contribution is 2.33. The summed E-state index contributed by atoms with van der Waals surface area (Å²) < 4.78 is 47.7. The summed E-state index contributed by atoms with van der Waals surface area (Å²) in [6, 6.07) is 6.49. The largest absolute Gasteiger partial charge is 0.497 e. The number of carbonyl (C=O) groups is 1. The summed E-state index contributed by atoms with van der Waals surface area (Å²) in [6.07, 6.45) is -5.28. The van der Waals surface area contributed by atoms with Crippen molar-refractivity contribution in [2.45, 2.75) is 20.0 Å². The Balaban J connectivity index is 1.78. The maximum absolute atomic E-state index is 12.8. The molecule has 4 rings (SSSR count). The SMILES string of the molecule is COc1ccc2nc(Nc3nc4c(C)cc(N)c(OC(=O)C(F)(F)F)c4c(=O)[nH]3)nc(C)c2c1. The Labute approximate surface area is 188 Å². The van der Waals surface area contributed by atoms with Crippen molar-refractivity contribution in [2.75, 3.05) is 18.2 Å². The van der Waals surface area contributed by atoms with Crippen molar-refractivity contribution in [3.8, 4) is 11.5 Å². The summed E-state index contributed by atoms with van der Waals surface area (Å²) in [7, 11) is 1.54. The number of aryl methyl sites for hydroxylation is 2. The molecule has 0 bridgehead atoms. The third-order valence-electron chi connectivity index (χ3n) is 4.90. The van der Waals surface area contributed by atoms with E-state index in [0.29, 0.717) is 22.5 Å². The number of anilines is 3. The number of halogens is 3. The molecule has 0 saturated heterocycles. The number of methoxy groups -OCH3 is 1. The van der Waals surface area contributed by atoms with Crippen LogP contribution in [0.1, 0.15) is 11.3 Å². The number of rotatable bonds is 4. The van der Waals surface area contributed by atoms with E-state index in [2.05, 4.69) is 30.0 Å². The fourth-order valence-corrected chi connectivity index (χ4v) is 3.35. The molecule has 0 atom stereocenters. The van der Waals surface area contributed by atoms with Gasteiger partial charge < -0.3 is 15.2 Å². The average molecular weight is 474 g/mol. The quantitative estimate of drug-likeness (QED) is 0.230. The summed E-state index contributed by atoms with van der Waals surface area (Å²) in [5.74, 6) is -2.56. The third-order valence-corrected chi connectivity index (χ3v) is 4.90. The molecule has 0 aliphatic rings. The van der Waals surface area contributed by atoms with Crippen LogP contribution in [0.15, 0.2) is 29.1 Å². The molecule has 10 nitrogen and oxygen atoms in total. The van der Waals surface area contributed by atoms with Crippen molar-refractivity contribution in [3.63, 3.8) is 0 Å². The van der Waals surface area contributed by atoms with Crippen LogP contribution in [-0.2, 0) is 4.79 Å². The molecule has 176 valence electrons. The van der Waals surface area contributed by atoms with Gasteiger partial charge in [-0.3, -0.25) is 15.1 Å². The highest BCUT2D eigenvalue weighted by molar-refractivity contribution is 5.95. The summed E-state index contributed by atoms with van der Waals surface area (Å²) in [4.78, 5) is 39.5. The van der Waals surface area contributed by atoms with Crippen molar-refractivity contribution >= 4 is 45.4 Å². The Bertz CT molecular complexity index is 1520. The Morgan fingerprint density at radius 1 is 1.15 bits per heavy atom. The predicted octanol–water partition coefficient (Wildman–Crippen LogP) is 3.29. The molecule has 0 amide bonds. The summed E-state index contributed by atoms with van der Waals surface area (Å²) in [5, 5.41) is 3.14. The van der Waals surface area contributed by atoms with Crippen molar-refractivity contribution < 1.29 is 27.4 Å². The van der Waals surface area contributed by atoms with Gasteiger partial charge >= 0.3 is 12.1 Å². The van der Waals surface area contributed by atoms with Gasteiger partial charge in [0.25, 0.3) is 5.56 Å². The van der Waals surface area contributed by atoms with E-state index in [4.69, 9.17) is 10.5 Å². The Hall–Kier alpha value is -4.42. The minimum Gasteiger partial charge on any atom is -0.497 e. The molecule has 34 heavy (non-hydrogen) atoms. The number of nitrogens with zero attached hydrogens (tertiary/aromatic N) is 3. The van der Waals surface area contributed by atoms with Gasteiger partial charge in [0, 0.05) is 5.39 Å². The van der Waals surface area contributed by atoms with Crippen LogP contribution in [0, 0.1) is 13.8 Å². The second-order valence-corrected chi connectivity index (χ2v) is 7.28. The maximum Gasteiger partial charge on any atom is 0.491 e. The number of nitrogen functional groups attached to an aromatic ring is 1. The monoisotopic (exact) mass is 474 g/mol. The molecule has 2 aromatic heterocycles. The minimum absolute atomic E-state index is 0.0207. The topological polar surface area (TPSA) is 145 Å². The number of H-pyrrole nitrogens is 1. The number of nitrogens with two attached hydrogens (primary N) is 1. The Morgan fingerprint density at radius 2 is 1.88 bits per heavy atom. The van der Waals surface area contributed by atoms with Crippen LogP contribution in [0.4, 0.5) is 30.8 Å². The minimum atomic E-state index is -5.28. The number of benzene rings is 2. The molecule has 0 spiro atoms. The second-order valence-electron chi connectivity index (χ2n) is 7.28. The van der Waals surface area contributed by atoms with Gasteiger partial charge in [-0.1, -0.05) is 0 Å². The van der Waals surface area contributed by atoms with E-state index < -0.39 is 28.8 Å². The number of hydrogen-bond donors (Lipinski definition) is 3. The predicted molar refractivity (Wildman–Crippen MR) is 117 cm³/mol. The lowest BCUT2D eigenvalue weighted by atomic mass is 10.1. The highest BCUT2D eigenvalue weighted by Gasteiger charge is 2.42. The fourth-order valence-electron chi connectivity index (χ4n) is 3.35. The fraction of sp³-hybridized carbons (Fsp3) is 0.190. The highest BCUT2D eigenvalue weighted by atomic mass is 19.4. The Kier molecular flexibility index (Phi) is 5.47. The van der Waals surface area contributed by atoms with Crippen LogP contribution in [0.25, 0.3) is 21.8 Å². The number of hydrogen-bond acceptors (Lipinski definition) is 9. The molecule has 0 unspecified atom stereocenters. The molecule has 4 N–H and O–H groups in total. The van der Waals surface area contributed by atoms with Crippen molar-refractivity contribution in [3.05, 3.63) is 45.9 Å². The zero-order valence-corrected chi connectivity index (χ0v) is 18.0. The van der Waals surface area contributed by atoms with Crippen molar-refractivity contribution in [1.29, 1.82) is 0 Å². The van der Waals surface area contributed by atoms with Crippen LogP contribution >= 0.6 is 0 Å². The van der Waals surface area contributed by atoms with Gasteiger partial charge in [-0.2, -0.15) is 13.2 Å². The van der Waals surface area contributed by atoms with Crippen molar-refractivity contribution in [2.24, 2.45) is 0 Å². The van der Waals surface area contributed by atoms with E-state index in [9.17, 15) is 22.8 Å².